The highest BCUT2D eigenvalue weighted by Crippen LogP contribution is 2.61. The van der Waals surface area contributed by atoms with Crippen LogP contribution in [0, 0.1) is 17.8 Å². The standard InChI is InChI=1S/C19H28N2O2/c1-13-9-5-6-10-14(13)19(17(2,3)4)12-8-7-11-18(19,15(20)22)16(21)23/h5-6,9-10H,7-8,11-12H2,1-4H3,(H2,20,22)(H2,21,23). The molecule has 1 aromatic rings. The molecule has 1 atom stereocenters. The van der Waals surface area contributed by atoms with E-state index in [4.69, 9.17) is 11.5 Å². The van der Waals surface area contributed by atoms with E-state index in [0.29, 0.717) is 6.42 Å². The largest absolute Gasteiger partial charge is 0.369 e. The van der Waals surface area contributed by atoms with Crippen molar-refractivity contribution in [1.29, 1.82) is 0 Å². The fourth-order valence-electron chi connectivity index (χ4n) is 4.83. The van der Waals surface area contributed by atoms with Crippen LogP contribution < -0.4 is 11.5 Å². The van der Waals surface area contributed by atoms with Crippen LogP contribution in [-0.4, -0.2) is 11.8 Å². The second kappa shape index (κ2) is 5.66. The van der Waals surface area contributed by atoms with E-state index in [0.717, 1.165) is 30.4 Å². The summed E-state index contributed by atoms with van der Waals surface area (Å²) in [6.45, 7) is 8.24. The van der Waals surface area contributed by atoms with Gasteiger partial charge < -0.3 is 11.5 Å². The lowest BCUT2D eigenvalue weighted by Gasteiger charge is -2.58. The highest BCUT2D eigenvalue weighted by atomic mass is 16.2. The molecule has 1 aliphatic carbocycles. The molecule has 2 rings (SSSR count). The molecule has 0 heterocycles. The Hall–Kier alpha value is -1.84. The van der Waals surface area contributed by atoms with E-state index in [1.165, 1.54) is 0 Å². The van der Waals surface area contributed by atoms with E-state index in [1.807, 2.05) is 31.2 Å². The van der Waals surface area contributed by atoms with Gasteiger partial charge in [-0.25, -0.2) is 0 Å². The smallest absolute Gasteiger partial charge is 0.234 e. The number of carbonyl (C=O) groups is 2. The fraction of sp³-hybridized carbons (Fsp3) is 0.579. The van der Waals surface area contributed by atoms with Gasteiger partial charge in [0, 0.05) is 5.41 Å². The van der Waals surface area contributed by atoms with E-state index in [1.54, 1.807) is 0 Å². The molecule has 1 aliphatic rings. The first-order valence-corrected chi connectivity index (χ1v) is 8.27. The van der Waals surface area contributed by atoms with Crippen LogP contribution in [0.15, 0.2) is 24.3 Å². The van der Waals surface area contributed by atoms with Crippen LogP contribution in [0.3, 0.4) is 0 Å². The van der Waals surface area contributed by atoms with Crippen LogP contribution in [-0.2, 0) is 15.0 Å². The first-order valence-electron chi connectivity index (χ1n) is 8.27. The average Bonchev–Trinajstić information content (AvgIpc) is 2.45. The van der Waals surface area contributed by atoms with Crippen LogP contribution in [0.25, 0.3) is 0 Å². The minimum absolute atomic E-state index is 0.344. The Kier molecular flexibility index (Phi) is 4.31. The Morgan fingerprint density at radius 1 is 1.00 bits per heavy atom. The normalized spacial score (nSPS) is 24.2. The summed E-state index contributed by atoms with van der Waals surface area (Å²) < 4.78 is 0. The number of primary amides is 2. The number of nitrogens with two attached hydrogens (primary N) is 2. The molecule has 1 unspecified atom stereocenters. The molecule has 0 spiro atoms. The number of carbonyl (C=O) groups excluding carboxylic acids is 2. The summed E-state index contributed by atoms with van der Waals surface area (Å²) in [7, 11) is 0. The zero-order valence-corrected chi connectivity index (χ0v) is 14.6. The number of benzene rings is 1. The minimum Gasteiger partial charge on any atom is -0.369 e. The molecule has 0 aliphatic heterocycles. The van der Waals surface area contributed by atoms with Crippen molar-refractivity contribution < 1.29 is 9.59 Å². The quantitative estimate of drug-likeness (QED) is 0.840. The molecule has 1 saturated carbocycles. The van der Waals surface area contributed by atoms with Gasteiger partial charge in [-0.2, -0.15) is 0 Å². The molecule has 2 amide bonds. The van der Waals surface area contributed by atoms with Crippen LogP contribution in [0.4, 0.5) is 0 Å². The highest BCUT2D eigenvalue weighted by Gasteiger charge is 2.65. The predicted octanol–water partition coefficient (Wildman–Crippen LogP) is 2.81. The van der Waals surface area contributed by atoms with Crippen LogP contribution in [0.5, 0.6) is 0 Å². The Morgan fingerprint density at radius 3 is 2.00 bits per heavy atom. The molecule has 4 nitrogen and oxygen atoms in total. The van der Waals surface area contributed by atoms with Crippen molar-refractivity contribution in [3.63, 3.8) is 0 Å². The van der Waals surface area contributed by atoms with Crippen molar-refractivity contribution >= 4 is 11.8 Å². The third-order valence-corrected chi connectivity index (χ3v) is 5.81. The molecule has 0 bridgehead atoms. The van der Waals surface area contributed by atoms with E-state index in [2.05, 4.69) is 20.8 Å². The number of hydrogen-bond donors (Lipinski definition) is 2. The van der Waals surface area contributed by atoms with E-state index in [9.17, 15) is 9.59 Å². The maximum absolute atomic E-state index is 12.6. The number of rotatable bonds is 3. The van der Waals surface area contributed by atoms with Gasteiger partial charge in [0.1, 0.15) is 5.41 Å². The van der Waals surface area contributed by atoms with Gasteiger partial charge in [0.2, 0.25) is 11.8 Å². The van der Waals surface area contributed by atoms with Crippen molar-refractivity contribution in [2.45, 2.75) is 58.8 Å². The summed E-state index contributed by atoms with van der Waals surface area (Å²) in [5.74, 6) is -1.19. The van der Waals surface area contributed by atoms with Gasteiger partial charge in [0.15, 0.2) is 0 Å². The third kappa shape index (κ3) is 2.27. The summed E-state index contributed by atoms with van der Waals surface area (Å²) in [5.41, 5.74) is 11.3. The molecular formula is C19H28N2O2. The molecule has 0 radical (unpaired) electrons. The van der Waals surface area contributed by atoms with E-state index >= 15 is 0 Å². The zero-order chi connectivity index (χ0) is 17.5. The van der Waals surface area contributed by atoms with Crippen LogP contribution in [0.2, 0.25) is 0 Å². The van der Waals surface area contributed by atoms with Gasteiger partial charge in [0.05, 0.1) is 0 Å². The SMILES string of the molecule is Cc1ccccc1C1(C(C)(C)C)CCCCC1(C(N)=O)C(N)=O. The van der Waals surface area contributed by atoms with Crippen molar-refractivity contribution in [3.8, 4) is 0 Å². The second-order valence-electron chi connectivity index (χ2n) is 7.81. The first-order chi connectivity index (χ1) is 10.6. The molecule has 126 valence electrons. The van der Waals surface area contributed by atoms with Crippen molar-refractivity contribution in [3.05, 3.63) is 35.4 Å². The maximum atomic E-state index is 12.6. The second-order valence-corrected chi connectivity index (χ2v) is 7.81. The van der Waals surface area contributed by atoms with Gasteiger partial charge in [-0.1, -0.05) is 57.9 Å². The lowest BCUT2D eigenvalue weighted by molar-refractivity contribution is -0.154. The van der Waals surface area contributed by atoms with Crippen LogP contribution in [0.1, 0.15) is 57.6 Å². The van der Waals surface area contributed by atoms with Crippen molar-refractivity contribution in [2.75, 3.05) is 0 Å². The Bertz CT molecular complexity index is 617. The third-order valence-electron chi connectivity index (χ3n) is 5.81. The maximum Gasteiger partial charge on any atom is 0.234 e. The van der Waals surface area contributed by atoms with Gasteiger partial charge in [-0.3, -0.25) is 9.59 Å². The molecule has 4 N–H and O–H groups in total. The van der Waals surface area contributed by atoms with Crippen molar-refractivity contribution in [2.24, 2.45) is 22.3 Å². The van der Waals surface area contributed by atoms with Gasteiger partial charge in [-0.15, -0.1) is 0 Å². The Balaban J connectivity index is 2.92. The highest BCUT2D eigenvalue weighted by molar-refractivity contribution is 6.06. The summed E-state index contributed by atoms with van der Waals surface area (Å²) in [6, 6.07) is 7.96. The number of aryl methyl sites for hydroxylation is 1. The fourth-order valence-corrected chi connectivity index (χ4v) is 4.83. The van der Waals surface area contributed by atoms with E-state index in [-0.39, 0.29) is 5.41 Å². The Morgan fingerprint density at radius 2 is 1.52 bits per heavy atom. The van der Waals surface area contributed by atoms with Gasteiger partial charge >= 0.3 is 0 Å². The van der Waals surface area contributed by atoms with Crippen LogP contribution >= 0.6 is 0 Å². The summed E-state index contributed by atoms with van der Waals surface area (Å²) in [4.78, 5) is 25.2. The number of amides is 2. The monoisotopic (exact) mass is 316 g/mol. The molecule has 0 saturated heterocycles. The predicted molar refractivity (Wildman–Crippen MR) is 91.6 cm³/mol. The molecule has 1 fully saturated rings. The average molecular weight is 316 g/mol. The lowest BCUT2D eigenvalue weighted by atomic mass is 9.43. The molecule has 4 heteroatoms. The van der Waals surface area contributed by atoms with Gasteiger partial charge in [-0.05, 0) is 36.3 Å². The summed E-state index contributed by atoms with van der Waals surface area (Å²) >= 11 is 0. The molecular weight excluding hydrogens is 288 g/mol. The van der Waals surface area contributed by atoms with Crippen molar-refractivity contribution in [1.82, 2.24) is 0 Å². The first kappa shape index (κ1) is 17.5. The topological polar surface area (TPSA) is 86.2 Å². The number of hydrogen-bond acceptors (Lipinski definition) is 2. The minimum atomic E-state index is -1.35. The zero-order valence-electron chi connectivity index (χ0n) is 14.6. The lowest BCUT2D eigenvalue weighted by Crippen LogP contribution is -2.66. The molecule has 1 aromatic carbocycles. The molecule has 23 heavy (non-hydrogen) atoms. The van der Waals surface area contributed by atoms with Gasteiger partial charge in [0.25, 0.3) is 0 Å². The Labute approximate surface area is 138 Å². The van der Waals surface area contributed by atoms with E-state index < -0.39 is 22.6 Å². The summed E-state index contributed by atoms with van der Waals surface area (Å²) in [5, 5.41) is 0. The summed E-state index contributed by atoms with van der Waals surface area (Å²) in [6.07, 6.45) is 2.89. The molecule has 0 aromatic heterocycles.